The normalized spacial score (nSPS) is 23.3. The molecule has 0 radical (unpaired) electrons. The SMILES string of the molecule is Cn1c(=O)n(C2CCC(=O)NC2=O)c2cccc(C3CCN(CC4CCN(S(=O)(=O)N5CCC(Nc6ncc7ccc(=O)n(C8CCCC8)c7n6)CC5)CC4)CC3)c21. The molecule has 1 saturated carbocycles. The van der Waals surface area contributed by atoms with Crippen molar-refractivity contribution >= 4 is 50.0 Å². The zero-order valence-corrected chi connectivity index (χ0v) is 34.0. The maximum atomic E-state index is 13.8. The van der Waals surface area contributed by atoms with Crippen LogP contribution in [-0.2, 0) is 26.8 Å². The van der Waals surface area contributed by atoms with Crippen molar-refractivity contribution in [3.05, 3.63) is 62.9 Å². The van der Waals surface area contributed by atoms with Crippen molar-refractivity contribution < 1.29 is 18.0 Å². The van der Waals surface area contributed by atoms with E-state index in [9.17, 15) is 27.6 Å². The van der Waals surface area contributed by atoms with Gasteiger partial charge in [0.15, 0.2) is 0 Å². The van der Waals surface area contributed by atoms with E-state index in [1.54, 1.807) is 43.1 Å². The number of imide groups is 1. The Morgan fingerprint density at radius 2 is 1.52 bits per heavy atom. The van der Waals surface area contributed by atoms with Crippen LogP contribution in [-0.4, -0.2) is 109 Å². The lowest BCUT2D eigenvalue weighted by atomic mass is 9.87. The number of pyridine rings is 1. The number of benzene rings is 1. The number of carbonyl (C=O) groups is 2. The molecule has 0 spiro atoms. The fourth-order valence-electron chi connectivity index (χ4n) is 10.3. The van der Waals surface area contributed by atoms with Gasteiger partial charge >= 0.3 is 5.69 Å². The zero-order chi connectivity index (χ0) is 40.1. The number of imidazole rings is 1. The Hall–Kier alpha value is -4.45. The summed E-state index contributed by atoms with van der Waals surface area (Å²) in [5, 5.41) is 6.66. The number of anilines is 1. The monoisotopic (exact) mass is 814 g/mol. The van der Waals surface area contributed by atoms with Crippen LogP contribution >= 0.6 is 0 Å². The van der Waals surface area contributed by atoms with Gasteiger partial charge in [0, 0.05) is 75.9 Å². The van der Waals surface area contributed by atoms with Gasteiger partial charge in [-0.3, -0.25) is 33.4 Å². The number of likely N-dealkylation sites (tertiary alicyclic amines) is 1. The minimum Gasteiger partial charge on any atom is -0.351 e. The van der Waals surface area contributed by atoms with Gasteiger partial charge in [-0.2, -0.15) is 22.0 Å². The average Bonchev–Trinajstić information content (AvgIpc) is 3.85. The maximum Gasteiger partial charge on any atom is 0.329 e. The Kier molecular flexibility index (Phi) is 10.7. The molecule has 2 N–H and O–H groups in total. The first-order valence-corrected chi connectivity index (χ1v) is 22.6. The van der Waals surface area contributed by atoms with Crippen LogP contribution in [0.3, 0.4) is 0 Å². The first-order valence-electron chi connectivity index (χ1n) is 21.2. The van der Waals surface area contributed by atoms with E-state index >= 15 is 0 Å². The average molecular weight is 815 g/mol. The largest absolute Gasteiger partial charge is 0.351 e. The summed E-state index contributed by atoms with van der Waals surface area (Å²) in [4.78, 5) is 62.6. The predicted molar refractivity (Wildman–Crippen MR) is 220 cm³/mol. The molecule has 58 heavy (non-hydrogen) atoms. The fourth-order valence-corrected chi connectivity index (χ4v) is 12.0. The molecule has 1 aliphatic carbocycles. The van der Waals surface area contributed by atoms with Crippen LogP contribution in [0.15, 0.2) is 46.1 Å². The van der Waals surface area contributed by atoms with Gasteiger partial charge in [-0.25, -0.2) is 9.78 Å². The van der Waals surface area contributed by atoms with E-state index < -0.39 is 22.2 Å². The van der Waals surface area contributed by atoms with Crippen molar-refractivity contribution in [1.29, 1.82) is 0 Å². The quantitative estimate of drug-likeness (QED) is 0.239. The van der Waals surface area contributed by atoms with Crippen LogP contribution in [0.4, 0.5) is 5.95 Å². The Morgan fingerprint density at radius 3 is 2.22 bits per heavy atom. The lowest BCUT2D eigenvalue weighted by molar-refractivity contribution is -0.135. The van der Waals surface area contributed by atoms with E-state index in [1.165, 1.54) is 0 Å². The molecule has 7 heterocycles. The van der Waals surface area contributed by atoms with E-state index in [0.29, 0.717) is 63.0 Å². The number of aryl methyl sites for hydroxylation is 1. The highest BCUT2D eigenvalue weighted by atomic mass is 32.2. The third-order valence-corrected chi connectivity index (χ3v) is 15.6. The summed E-state index contributed by atoms with van der Waals surface area (Å²) < 4.78 is 35.9. The molecule has 4 aliphatic heterocycles. The molecule has 310 valence electrons. The van der Waals surface area contributed by atoms with Gasteiger partial charge in [0.05, 0.1) is 11.0 Å². The van der Waals surface area contributed by atoms with Crippen molar-refractivity contribution in [2.24, 2.45) is 13.0 Å². The van der Waals surface area contributed by atoms with Crippen LogP contribution in [0.1, 0.15) is 101 Å². The molecule has 4 saturated heterocycles. The van der Waals surface area contributed by atoms with Crippen LogP contribution in [0.25, 0.3) is 22.1 Å². The van der Waals surface area contributed by atoms with Gasteiger partial charge in [-0.15, -0.1) is 0 Å². The second-order valence-electron chi connectivity index (χ2n) is 17.1. The summed E-state index contributed by atoms with van der Waals surface area (Å²) in [6, 6.07) is 8.84. The second kappa shape index (κ2) is 16.0. The number of hydrogen-bond donors (Lipinski definition) is 2. The fraction of sp³-hybridized carbons (Fsp3) is 0.610. The van der Waals surface area contributed by atoms with Gasteiger partial charge in [0.2, 0.25) is 17.8 Å². The highest BCUT2D eigenvalue weighted by Gasteiger charge is 2.37. The van der Waals surface area contributed by atoms with Crippen LogP contribution in [0.2, 0.25) is 0 Å². The summed E-state index contributed by atoms with van der Waals surface area (Å²) in [6.45, 7) is 4.70. The Labute approximate surface area is 337 Å². The number of carbonyl (C=O) groups excluding carboxylic acids is 2. The molecular weight excluding hydrogens is 761 g/mol. The highest BCUT2D eigenvalue weighted by molar-refractivity contribution is 7.86. The van der Waals surface area contributed by atoms with Gasteiger partial charge in [0.1, 0.15) is 11.7 Å². The predicted octanol–water partition coefficient (Wildman–Crippen LogP) is 3.25. The van der Waals surface area contributed by atoms with E-state index in [1.807, 2.05) is 16.7 Å². The Bertz CT molecular complexity index is 2430. The third-order valence-electron chi connectivity index (χ3n) is 13.6. The molecule has 17 heteroatoms. The number of fused-ring (bicyclic) bond motifs is 2. The number of nitrogens with one attached hydrogen (secondary N) is 2. The number of nitrogens with zero attached hydrogens (tertiary/aromatic N) is 8. The van der Waals surface area contributed by atoms with Gasteiger partial charge in [-0.1, -0.05) is 25.0 Å². The van der Waals surface area contributed by atoms with E-state index in [0.717, 1.165) is 93.0 Å². The molecule has 1 atom stereocenters. The number of aromatic nitrogens is 5. The molecule has 1 unspecified atom stereocenters. The summed E-state index contributed by atoms with van der Waals surface area (Å²) in [6.07, 6.45) is 11.3. The van der Waals surface area contributed by atoms with Crippen molar-refractivity contribution in [2.75, 3.05) is 51.1 Å². The third kappa shape index (κ3) is 7.39. The first kappa shape index (κ1) is 39.0. The topological polar surface area (TPSA) is 177 Å². The number of amides is 2. The minimum absolute atomic E-state index is 0.0320. The van der Waals surface area contributed by atoms with Crippen LogP contribution < -0.4 is 21.9 Å². The number of rotatable bonds is 9. The number of para-hydroxylation sites is 1. The smallest absolute Gasteiger partial charge is 0.329 e. The second-order valence-corrected chi connectivity index (χ2v) is 19.0. The van der Waals surface area contributed by atoms with Crippen LogP contribution in [0.5, 0.6) is 0 Å². The molecule has 4 aromatic rings. The highest BCUT2D eigenvalue weighted by Crippen LogP contribution is 2.35. The molecule has 9 rings (SSSR count). The summed E-state index contributed by atoms with van der Waals surface area (Å²) >= 11 is 0. The minimum atomic E-state index is -3.57. The molecule has 5 aliphatic rings. The lowest BCUT2D eigenvalue weighted by Crippen LogP contribution is -2.51. The number of hydrogen-bond acceptors (Lipinski definition) is 10. The molecular formula is C41H54N10O6S. The summed E-state index contributed by atoms with van der Waals surface area (Å²) in [7, 11) is -1.81. The summed E-state index contributed by atoms with van der Waals surface area (Å²) in [5.74, 6) is 0.445. The van der Waals surface area contributed by atoms with Crippen molar-refractivity contribution in [1.82, 2.24) is 42.5 Å². The zero-order valence-electron chi connectivity index (χ0n) is 33.2. The molecule has 0 bridgehead atoms. The Morgan fingerprint density at radius 1 is 0.810 bits per heavy atom. The van der Waals surface area contributed by atoms with Crippen molar-refractivity contribution in [3.8, 4) is 0 Å². The molecule has 1 aromatic carbocycles. The van der Waals surface area contributed by atoms with E-state index in [4.69, 9.17) is 4.98 Å². The van der Waals surface area contributed by atoms with Crippen molar-refractivity contribution in [3.63, 3.8) is 0 Å². The number of piperidine rings is 4. The summed E-state index contributed by atoms with van der Waals surface area (Å²) in [5.41, 5.74) is 3.09. The van der Waals surface area contributed by atoms with Gasteiger partial charge in [-0.05, 0) is 100 Å². The van der Waals surface area contributed by atoms with E-state index in [-0.39, 0.29) is 41.6 Å². The van der Waals surface area contributed by atoms with Gasteiger partial charge < -0.3 is 10.2 Å². The van der Waals surface area contributed by atoms with Gasteiger partial charge in [0.25, 0.3) is 15.8 Å². The molecule has 3 aromatic heterocycles. The standard InChI is InChI=1S/C41H54N10O6S/c1-46-37-32(7-4-8-33(37)51(41(46)55)34-10-11-35(52)44-39(34)54)28-15-19-47(20-16-28)26-27-13-21-48(22-14-27)58(56,57)49-23-17-30(18-24-49)43-40-42-25-29-9-12-36(53)50(38(29)45-40)31-5-2-3-6-31/h4,7-9,12,25,27-28,30-31,34H,2-3,5-6,10-11,13-24,26H2,1H3,(H,42,43,45)(H,44,52,54). The van der Waals surface area contributed by atoms with Crippen LogP contribution in [0, 0.1) is 5.92 Å². The lowest BCUT2D eigenvalue weighted by Gasteiger charge is -2.40. The molecule has 2 amide bonds. The van der Waals surface area contributed by atoms with Crippen molar-refractivity contribution in [2.45, 2.75) is 101 Å². The molecule has 16 nitrogen and oxygen atoms in total. The molecule has 5 fully saturated rings. The van der Waals surface area contributed by atoms with E-state index in [2.05, 4.69) is 26.6 Å². The first-order chi connectivity index (χ1) is 28.0. The maximum absolute atomic E-state index is 13.8. The Balaban J connectivity index is 0.759.